The zero-order valence-electron chi connectivity index (χ0n) is 25.2. The average Bonchev–Trinajstić information content (AvgIpc) is 2.75. The van der Waals surface area contributed by atoms with E-state index in [0.29, 0.717) is 0 Å². The number of rotatable bonds is 0. The molecule has 42 heavy (non-hydrogen) atoms. The van der Waals surface area contributed by atoms with Crippen molar-refractivity contribution in [2.75, 3.05) is 0 Å². The Labute approximate surface area is 245 Å². The van der Waals surface area contributed by atoms with Crippen LogP contribution >= 0.6 is 0 Å². The van der Waals surface area contributed by atoms with Crippen LogP contribution in [0, 0.1) is 0 Å². The van der Waals surface area contributed by atoms with Crippen LogP contribution in [0.4, 0.5) is 0 Å². The predicted octanol–water partition coefficient (Wildman–Crippen LogP) is 2.25. The first-order valence-electron chi connectivity index (χ1n) is 13.9. The van der Waals surface area contributed by atoms with Crippen LogP contribution in [0.2, 0.25) is 0 Å². The van der Waals surface area contributed by atoms with Gasteiger partial charge in [-0.15, -0.1) is 0 Å². The van der Waals surface area contributed by atoms with E-state index in [1.165, 1.54) is 48.5 Å². The second-order valence-electron chi connectivity index (χ2n) is 10.5. The summed E-state index contributed by atoms with van der Waals surface area (Å²) in [7, 11) is 0. The Morgan fingerprint density at radius 2 is 0.381 bits per heavy atom. The van der Waals surface area contributed by atoms with Crippen molar-refractivity contribution < 1.29 is 66.7 Å². The molecule has 1 fully saturated rings. The summed E-state index contributed by atoms with van der Waals surface area (Å²) in [5.41, 5.74) is 0. The van der Waals surface area contributed by atoms with Gasteiger partial charge in [-0.3, -0.25) is 33.6 Å². The molecule has 1 aliphatic heterocycles. The molecular formula is C28H42O14. The summed E-state index contributed by atoms with van der Waals surface area (Å²) in [4.78, 5) is 85.4. The first kappa shape index (κ1) is 36.3. The van der Waals surface area contributed by atoms with Crippen molar-refractivity contribution >= 4 is 41.8 Å². The minimum absolute atomic E-state index is 0.283. The summed E-state index contributed by atoms with van der Waals surface area (Å²) in [6.07, 6.45) is -7.95. The number of hydrogen-bond donors (Lipinski definition) is 0. The van der Waals surface area contributed by atoms with E-state index in [1.54, 1.807) is 0 Å². The second-order valence-corrected chi connectivity index (χ2v) is 10.5. The SMILES string of the molecule is C[C@H]1CC(=O)O[C@@H](C)CC(=O)O[C@@H](C)CC(=O)O[C@@H](C)CC(=O)O[C@@H](C)CC(=O)O[C@@H](C)CC(=O)O[C@@H](C)CC(=O)O1. The number of cyclic esters (lactones) is 7. The Balaban J connectivity index is 2.85. The van der Waals surface area contributed by atoms with Crippen LogP contribution in [0.3, 0.4) is 0 Å². The molecule has 0 unspecified atom stereocenters. The highest BCUT2D eigenvalue weighted by Crippen LogP contribution is 2.13. The fourth-order valence-electron chi connectivity index (χ4n) is 3.84. The molecule has 0 spiro atoms. The molecule has 0 bridgehead atoms. The monoisotopic (exact) mass is 602 g/mol. The molecule has 0 aromatic rings. The van der Waals surface area contributed by atoms with E-state index in [1.807, 2.05) is 0 Å². The van der Waals surface area contributed by atoms with E-state index in [4.69, 9.17) is 33.2 Å². The molecule has 0 amide bonds. The second kappa shape index (κ2) is 18.0. The van der Waals surface area contributed by atoms with Gasteiger partial charge < -0.3 is 33.2 Å². The third-order valence-corrected chi connectivity index (χ3v) is 5.51. The molecule has 14 nitrogen and oxygen atoms in total. The number of carbonyl (C=O) groups is 7. The van der Waals surface area contributed by atoms with Gasteiger partial charge in [0.15, 0.2) is 0 Å². The lowest BCUT2D eigenvalue weighted by molar-refractivity contribution is -0.161. The van der Waals surface area contributed by atoms with Crippen LogP contribution < -0.4 is 0 Å². The van der Waals surface area contributed by atoms with Gasteiger partial charge in [0, 0.05) is 0 Å². The Morgan fingerprint density at radius 1 is 0.286 bits per heavy atom. The molecule has 0 N–H and O–H groups in total. The summed E-state index contributed by atoms with van der Waals surface area (Å²) < 4.78 is 36.2. The summed E-state index contributed by atoms with van der Waals surface area (Å²) in [5.74, 6) is -5.02. The van der Waals surface area contributed by atoms with Crippen LogP contribution in [0.1, 0.15) is 93.4 Å². The van der Waals surface area contributed by atoms with Gasteiger partial charge in [0.25, 0.3) is 0 Å². The van der Waals surface area contributed by atoms with Crippen LogP contribution in [-0.2, 0) is 66.7 Å². The van der Waals surface area contributed by atoms with E-state index in [0.717, 1.165) is 0 Å². The van der Waals surface area contributed by atoms with E-state index in [9.17, 15) is 33.6 Å². The van der Waals surface area contributed by atoms with Gasteiger partial charge in [-0.2, -0.15) is 0 Å². The highest BCUT2D eigenvalue weighted by Gasteiger charge is 2.25. The zero-order chi connectivity index (χ0) is 32.0. The number of hydrogen-bond acceptors (Lipinski definition) is 14. The van der Waals surface area contributed by atoms with Crippen LogP contribution in [0.25, 0.3) is 0 Å². The van der Waals surface area contributed by atoms with Crippen molar-refractivity contribution in [1.29, 1.82) is 0 Å². The number of esters is 7. The molecule has 1 rings (SSSR count). The van der Waals surface area contributed by atoms with Crippen molar-refractivity contribution in [3.63, 3.8) is 0 Å². The molecule has 0 saturated carbocycles. The number of carbonyl (C=O) groups excluding carboxylic acids is 7. The van der Waals surface area contributed by atoms with Crippen molar-refractivity contribution in [2.24, 2.45) is 0 Å². The molecule has 0 aliphatic carbocycles. The maximum Gasteiger partial charge on any atom is 0.309 e. The molecule has 14 heteroatoms. The Kier molecular flexibility index (Phi) is 15.5. The third kappa shape index (κ3) is 16.5. The minimum Gasteiger partial charge on any atom is -0.462 e. The van der Waals surface area contributed by atoms with Crippen molar-refractivity contribution in [1.82, 2.24) is 0 Å². The third-order valence-electron chi connectivity index (χ3n) is 5.51. The van der Waals surface area contributed by atoms with Crippen LogP contribution in [0.5, 0.6) is 0 Å². The lowest BCUT2D eigenvalue weighted by atomic mass is 10.2. The van der Waals surface area contributed by atoms with E-state index in [2.05, 4.69) is 0 Å². The lowest BCUT2D eigenvalue weighted by Crippen LogP contribution is -2.29. The molecule has 1 heterocycles. The zero-order valence-corrected chi connectivity index (χ0v) is 25.2. The Hall–Kier alpha value is -3.71. The van der Waals surface area contributed by atoms with E-state index in [-0.39, 0.29) is 44.9 Å². The van der Waals surface area contributed by atoms with Gasteiger partial charge in [-0.05, 0) is 48.5 Å². The molecular weight excluding hydrogens is 560 g/mol. The molecule has 0 aromatic carbocycles. The fourth-order valence-corrected chi connectivity index (χ4v) is 3.84. The largest absolute Gasteiger partial charge is 0.462 e. The van der Waals surface area contributed by atoms with Crippen molar-refractivity contribution in [3.05, 3.63) is 0 Å². The standard InChI is InChI=1S/C28H42O14/c1-15-8-22(29)37-17(3)10-24(31)39-19(5)12-26(33)41-21(7)14-28(35)42-20(6)13-27(34)40-18(4)11-25(32)38-16(2)9-23(30)36-15/h15-21H,8-14H2,1-7H3/t15-,16-,17-,18-,19-,20-,21-/m0/s1. The first-order chi connectivity index (χ1) is 19.5. The number of ether oxygens (including phenoxy) is 7. The maximum absolute atomic E-state index is 12.2. The first-order valence-corrected chi connectivity index (χ1v) is 13.9. The minimum atomic E-state index is -0.853. The Bertz CT molecular complexity index is 703. The highest BCUT2D eigenvalue weighted by atomic mass is 16.6. The molecule has 238 valence electrons. The quantitative estimate of drug-likeness (QED) is 0.290. The molecule has 0 aromatic heterocycles. The maximum atomic E-state index is 12.2. The predicted molar refractivity (Wildman–Crippen MR) is 141 cm³/mol. The molecule has 0 radical (unpaired) electrons. The van der Waals surface area contributed by atoms with E-state index >= 15 is 0 Å². The van der Waals surface area contributed by atoms with Crippen LogP contribution in [-0.4, -0.2) is 84.5 Å². The van der Waals surface area contributed by atoms with Gasteiger partial charge in [-0.25, -0.2) is 0 Å². The highest BCUT2D eigenvalue weighted by molar-refractivity contribution is 5.76. The van der Waals surface area contributed by atoms with Gasteiger partial charge in [-0.1, -0.05) is 0 Å². The molecule has 7 atom stereocenters. The summed E-state index contributed by atoms with van der Waals surface area (Å²) in [6, 6.07) is 0. The normalized spacial score (nSPS) is 31.5. The molecule has 1 aliphatic rings. The van der Waals surface area contributed by atoms with Gasteiger partial charge in [0.2, 0.25) is 0 Å². The smallest absolute Gasteiger partial charge is 0.309 e. The van der Waals surface area contributed by atoms with Gasteiger partial charge in [0.05, 0.1) is 44.9 Å². The average molecular weight is 603 g/mol. The Morgan fingerprint density at radius 3 is 0.476 bits per heavy atom. The summed E-state index contributed by atoms with van der Waals surface area (Å²) in [5, 5.41) is 0. The van der Waals surface area contributed by atoms with E-state index < -0.39 is 84.5 Å². The van der Waals surface area contributed by atoms with Gasteiger partial charge >= 0.3 is 41.8 Å². The van der Waals surface area contributed by atoms with Crippen LogP contribution in [0.15, 0.2) is 0 Å². The topological polar surface area (TPSA) is 184 Å². The fraction of sp³-hybridized carbons (Fsp3) is 0.750. The summed E-state index contributed by atoms with van der Waals surface area (Å²) in [6.45, 7) is 10.4. The van der Waals surface area contributed by atoms with Crippen molar-refractivity contribution in [2.45, 2.75) is 136 Å². The van der Waals surface area contributed by atoms with Crippen molar-refractivity contribution in [3.8, 4) is 0 Å². The van der Waals surface area contributed by atoms with Gasteiger partial charge in [0.1, 0.15) is 42.7 Å². The summed E-state index contributed by atoms with van der Waals surface area (Å²) >= 11 is 0. The molecule has 1 saturated heterocycles. The lowest BCUT2D eigenvalue weighted by Gasteiger charge is -2.20.